The standard InChI is InChI=1S/C13H26O4Si.C11H22O4Si/c1-4-14-18(15-5-2,16-6-3)10-11-7-8-12-13(9-11)17-12;1-12-16(13-2,14-3)7-6-9-4-5-10-11(8-9)15-10/h11-13H,4-10H2,1-3H3;9-11H,4-8H2,1-3H3. The molecule has 2 aliphatic carbocycles. The summed E-state index contributed by atoms with van der Waals surface area (Å²) in [5, 5.41) is 0. The molecule has 0 aromatic carbocycles. The first-order valence-electron chi connectivity index (χ1n) is 13.3. The van der Waals surface area contributed by atoms with Gasteiger partial charge in [-0.25, -0.2) is 0 Å². The van der Waals surface area contributed by atoms with Crippen molar-refractivity contribution < 1.29 is 36.0 Å². The summed E-state index contributed by atoms with van der Waals surface area (Å²) in [7, 11) is 0.242. The Morgan fingerprint density at radius 2 is 1.09 bits per heavy atom. The molecule has 4 aliphatic rings. The van der Waals surface area contributed by atoms with E-state index in [0.717, 1.165) is 30.8 Å². The van der Waals surface area contributed by atoms with Crippen LogP contribution in [0.5, 0.6) is 0 Å². The SMILES string of the molecule is CCO[Si](CC1CCC2OC2C1)(OCC)OCC.CO[Si](CCC1CCC2OC2C1)(OC)OC. The first-order chi connectivity index (χ1) is 16.5. The van der Waals surface area contributed by atoms with Crippen molar-refractivity contribution in [2.24, 2.45) is 11.8 Å². The Morgan fingerprint density at radius 3 is 1.53 bits per heavy atom. The summed E-state index contributed by atoms with van der Waals surface area (Å²) in [5.41, 5.74) is 0. The van der Waals surface area contributed by atoms with E-state index in [-0.39, 0.29) is 0 Å². The van der Waals surface area contributed by atoms with Crippen molar-refractivity contribution >= 4 is 17.6 Å². The summed E-state index contributed by atoms with van der Waals surface area (Å²) in [5.74, 6) is 1.40. The normalized spacial score (nSPS) is 32.3. The summed E-state index contributed by atoms with van der Waals surface area (Å²) in [4.78, 5) is 0. The molecule has 2 saturated heterocycles. The fourth-order valence-corrected chi connectivity index (χ4v) is 10.5. The van der Waals surface area contributed by atoms with Crippen LogP contribution in [0.4, 0.5) is 0 Å². The lowest BCUT2D eigenvalue weighted by molar-refractivity contribution is 0.0655. The smallest absolute Gasteiger partial charge is 0.377 e. The Kier molecular flexibility index (Phi) is 11.5. The van der Waals surface area contributed by atoms with E-state index in [0.29, 0.717) is 50.2 Å². The van der Waals surface area contributed by atoms with Crippen LogP contribution in [-0.2, 0) is 36.0 Å². The molecule has 8 nitrogen and oxygen atoms in total. The van der Waals surface area contributed by atoms with Crippen LogP contribution in [-0.4, -0.2) is 83.2 Å². The predicted octanol–water partition coefficient (Wildman–Crippen LogP) is 4.42. The zero-order chi connectivity index (χ0) is 24.6. The summed E-state index contributed by atoms with van der Waals surface area (Å²) >= 11 is 0. The molecule has 4 fully saturated rings. The second-order valence-electron chi connectivity index (χ2n) is 9.80. The molecular formula is C24H48O8Si2. The van der Waals surface area contributed by atoms with Gasteiger partial charge in [0.05, 0.1) is 24.4 Å². The molecule has 0 spiro atoms. The van der Waals surface area contributed by atoms with Crippen LogP contribution >= 0.6 is 0 Å². The highest BCUT2D eigenvalue weighted by Gasteiger charge is 2.49. The number of rotatable bonds is 14. The lowest BCUT2D eigenvalue weighted by Gasteiger charge is -2.32. The Labute approximate surface area is 209 Å². The molecule has 0 radical (unpaired) electrons. The zero-order valence-electron chi connectivity index (χ0n) is 22.2. The third-order valence-corrected chi connectivity index (χ3v) is 13.7. The largest absolute Gasteiger partial charge is 0.501 e. The minimum Gasteiger partial charge on any atom is -0.377 e. The third-order valence-electron chi connectivity index (χ3n) is 7.65. The van der Waals surface area contributed by atoms with Crippen molar-refractivity contribution in [3.8, 4) is 0 Å². The van der Waals surface area contributed by atoms with E-state index >= 15 is 0 Å². The number of fused-ring (bicyclic) bond motifs is 2. The Morgan fingerprint density at radius 1 is 0.618 bits per heavy atom. The lowest BCUT2D eigenvalue weighted by atomic mass is 9.88. The van der Waals surface area contributed by atoms with Gasteiger partial charge in [0.1, 0.15) is 0 Å². The maximum atomic E-state index is 5.92. The van der Waals surface area contributed by atoms with E-state index in [2.05, 4.69) is 0 Å². The Balaban J connectivity index is 0.000000192. The minimum absolute atomic E-state index is 0.514. The van der Waals surface area contributed by atoms with Crippen LogP contribution in [0.2, 0.25) is 12.1 Å². The van der Waals surface area contributed by atoms with Gasteiger partial charge in [0.2, 0.25) is 0 Å². The van der Waals surface area contributed by atoms with Gasteiger partial charge < -0.3 is 36.0 Å². The fourth-order valence-electron chi connectivity index (χ4n) is 5.67. The quantitative estimate of drug-likeness (QED) is 0.246. The van der Waals surface area contributed by atoms with Gasteiger partial charge in [-0.1, -0.05) is 0 Å². The molecule has 200 valence electrons. The van der Waals surface area contributed by atoms with Crippen molar-refractivity contribution in [2.75, 3.05) is 41.2 Å². The number of ether oxygens (including phenoxy) is 2. The van der Waals surface area contributed by atoms with Gasteiger partial charge in [-0.3, -0.25) is 0 Å². The van der Waals surface area contributed by atoms with Crippen LogP contribution in [0.25, 0.3) is 0 Å². The van der Waals surface area contributed by atoms with Crippen LogP contribution < -0.4 is 0 Å². The van der Waals surface area contributed by atoms with Crippen molar-refractivity contribution in [1.29, 1.82) is 0 Å². The van der Waals surface area contributed by atoms with Gasteiger partial charge in [-0.15, -0.1) is 0 Å². The van der Waals surface area contributed by atoms with E-state index in [1.54, 1.807) is 21.3 Å². The summed E-state index contributed by atoms with van der Waals surface area (Å²) < 4.78 is 45.2. The zero-order valence-corrected chi connectivity index (χ0v) is 24.2. The van der Waals surface area contributed by atoms with Gasteiger partial charge in [-0.05, 0) is 77.6 Å². The number of epoxide rings is 2. The van der Waals surface area contributed by atoms with E-state index in [1.165, 1.54) is 32.1 Å². The first-order valence-corrected chi connectivity index (χ1v) is 17.2. The molecule has 34 heavy (non-hydrogen) atoms. The highest BCUT2D eigenvalue weighted by atomic mass is 28.4. The van der Waals surface area contributed by atoms with Crippen LogP contribution in [0.1, 0.15) is 65.7 Å². The molecule has 0 bridgehead atoms. The second-order valence-corrected chi connectivity index (χ2v) is 15.5. The maximum absolute atomic E-state index is 5.92. The van der Waals surface area contributed by atoms with Crippen molar-refractivity contribution in [1.82, 2.24) is 0 Å². The van der Waals surface area contributed by atoms with Crippen molar-refractivity contribution in [3.05, 3.63) is 0 Å². The van der Waals surface area contributed by atoms with Crippen molar-refractivity contribution in [2.45, 2.75) is 102 Å². The Hall–Kier alpha value is 0.114. The average Bonchev–Trinajstić information content (AvgIpc) is 3.76. The fraction of sp³-hybridized carbons (Fsp3) is 1.00. The topological polar surface area (TPSA) is 80.4 Å². The predicted molar refractivity (Wildman–Crippen MR) is 134 cm³/mol. The second kappa shape index (κ2) is 13.6. The molecule has 2 heterocycles. The molecule has 6 atom stereocenters. The molecule has 0 aromatic rings. The third kappa shape index (κ3) is 8.06. The van der Waals surface area contributed by atoms with Gasteiger partial charge in [0.15, 0.2) is 0 Å². The van der Waals surface area contributed by atoms with Crippen molar-refractivity contribution in [3.63, 3.8) is 0 Å². The first kappa shape index (κ1) is 28.7. The molecule has 0 aromatic heterocycles. The summed E-state index contributed by atoms with van der Waals surface area (Å²) in [6, 6.07) is 1.87. The van der Waals surface area contributed by atoms with E-state index in [9.17, 15) is 0 Å². The molecule has 10 heteroatoms. The van der Waals surface area contributed by atoms with Gasteiger partial charge in [-0.2, -0.15) is 0 Å². The summed E-state index contributed by atoms with van der Waals surface area (Å²) in [6.45, 7) is 8.05. The lowest BCUT2D eigenvalue weighted by Crippen LogP contribution is -2.47. The van der Waals surface area contributed by atoms with Gasteiger partial charge >= 0.3 is 17.6 Å². The number of hydrogen-bond donors (Lipinski definition) is 0. The molecule has 6 unspecified atom stereocenters. The van der Waals surface area contributed by atoms with Crippen LogP contribution in [0.15, 0.2) is 0 Å². The van der Waals surface area contributed by atoms with Gasteiger partial charge in [0.25, 0.3) is 0 Å². The average molecular weight is 521 g/mol. The molecule has 2 aliphatic heterocycles. The van der Waals surface area contributed by atoms with E-state index in [1.807, 2.05) is 20.8 Å². The van der Waals surface area contributed by atoms with E-state index in [4.69, 9.17) is 36.0 Å². The minimum atomic E-state index is -2.45. The van der Waals surface area contributed by atoms with Gasteiger partial charge in [0, 0.05) is 53.2 Å². The van der Waals surface area contributed by atoms with Crippen LogP contribution in [0.3, 0.4) is 0 Å². The monoisotopic (exact) mass is 520 g/mol. The maximum Gasteiger partial charge on any atom is 0.501 e. The molecule has 0 N–H and O–H groups in total. The number of hydrogen-bond acceptors (Lipinski definition) is 8. The summed E-state index contributed by atoms with van der Waals surface area (Å²) in [6.07, 6.45) is 10.7. The van der Waals surface area contributed by atoms with Crippen LogP contribution in [0, 0.1) is 11.8 Å². The molecule has 4 rings (SSSR count). The molecule has 2 saturated carbocycles. The highest BCUT2D eigenvalue weighted by molar-refractivity contribution is 6.61. The van der Waals surface area contributed by atoms with E-state index < -0.39 is 17.6 Å². The molecular weight excluding hydrogens is 472 g/mol. The molecule has 0 amide bonds. The Bertz CT molecular complexity index is 568. The highest BCUT2D eigenvalue weighted by Crippen LogP contribution is 2.43.